The Morgan fingerprint density at radius 3 is 2.22 bits per heavy atom. The highest BCUT2D eigenvalue weighted by Crippen LogP contribution is 2.16. The number of carboxylic acid groups (broad SMARTS) is 1. The van der Waals surface area contributed by atoms with Gasteiger partial charge in [-0.15, -0.1) is 0 Å². The number of carbonyl (C=O) groups excluding carboxylic acids is 1. The number of hydrogen-bond acceptors (Lipinski definition) is 4. The average molecular weight is 259 g/mol. The highest BCUT2D eigenvalue weighted by molar-refractivity contribution is 5.94. The van der Waals surface area contributed by atoms with Crippen molar-refractivity contribution in [2.45, 2.75) is 65.0 Å². The minimum absolute atomic E-state index is 0.518. The highest BCUT2D eigenvalue weighted by Gasteiger charge is 2.35. The number of aliphatic carboxylic acids is 1. The quantitative estimate of drug-likeness (QED) is 0.414. The zero-order valence-electron chi connectivity index (χ0n) is 11.7. The monoisotopic (exact) mass is 259 g/mol. The molecule has 106 valence electrons. The molecule has 0 saturated carbocycles. The highest BCUT2D eigenvalue weighted by atomic mass is 16.6. The first-order valence-corrected chi connectivity index (χ1v) is 6.40. The van der Waals surface area contributed by atoms with Crippen LogP contribution in [0.4, 0.5) is 0 Å². The minimum atomic E-state index is -1.28. The Morgan fingerprint density at radius 1 is 1.28 bits per heavy atom. The Balaban J connectivity index is 4.55. The second-order valence-electron chi connectivity index (χ2n) is 5.51. The predicted octanol–water partition coefficient (Wildman–Crippen LogP) is 1.94. The molecule has 0 aromatic carbocycles. The topological polar surface area (TPSA) is 89.6 Å². The summed E-state index contributed by atoms with van der Waals surface area (Å²) in [5.74, 6) is -3.24. The van der Waals surface area contributed by atoms with Gasteiger partial charge in [-0.3, -0.25) is 9.59 Å². The van der Waals surface area contributed by atoms with E-state index >= 15 is 0 Å². The van der Waals surface area contributed by atoms with Crippen molar-refractivity contribution in [2.24, 2.45) is 11.7 Å². The standard InChI is InChI=1S/C13H25NO4/c1-5-6-7-8-9(14)10(11(15)16)12(17)18-13(2,3)4/h9-10H,5-8,14H2,1-4H3,(H,15,16)/t9?,10-/m0/s1. The molecule has 0 bridgehead atoms. The predicted molar refractivity (Wildman–Crippen MR) is 69.1 cm³/mol. The van der Waals surface area contributed by atoms with Crippen LogP contribution in [0, 0.1) is 5.92 Å². The van der Waals surface area contributed by atoms with Crippen molar-refractivity contribution >= 4 is 11.9 Å². The second kappa shape index (κ2) is 7.36. The molecule has 0 heterocycles. The molecule has 0 aliphatic heterocycles. The van der Waals surface area contributed by atoms with E-state index in [0.717, 1.165) is 19.3 Å². The number of carbonyl (C=O) groups is 2. The van der Waals surface area contributed by atoms with Crippen LogP contribution in [0.1, 0.15) is 53.4 Å². The molecule has 2 atom stereocenters. The molecule has 0 rings (SSSR count). The number of carboxylic acids is 1. The van der Waals surface area contributed by atoms with Gasteiger partial charge in [-0.25, -0.2) is 0 Å². The van der Waals surface area contributed by atoms with Crippen molar-refractivity contribution in [3.63, 3.8) is 0 Å². The van der Waals surface area contributed by atoms with Crippen LogP contribution in [0.15, 0.2) is 0 Å². The summed E-state index contributed by atoms with van der Waals surface area (Å²) in [5, 5.41) is 9.09. The van der Waals surface area contributed by atoms with Gasteiger partial charge in [0, 0.05) is 6.04 Å². The molecule has 0 amide bonds. The van der Waals surface area contributed by atoms with E-state index in [0.29, 0.717) is 6.42 Å². The van der Waals surface area contributed by atoms with Crippen molar-refractivity contribution in [1.29, 1.82) is 0 Å². The lowest BCUT2D eigenvalue weighted by molar-refractivity contribution is -0.167. The van der Waals surface area contributed by atoms with E-state index < -0.39 is 29.5 Å². The molecule has 0 aliphatic carbocycles. The Kier molecular flexibility index (Phi) is 6.91. The fourth-order valence-electron chi connectivity index (χ4n) is 1.62. The van der Waals surface area contributed by atoms with Gasteiger partial charge in [0.2, 0.25) is 0 Å². The van der Waals surface area contributed by atoms with E-state index in [2.05, 4.69) is 0 Å². The van der Waals surface area contributed by atoms with Crippen molar-refractivity contribution in [3.05, 3.63) is 0 Å². The minimum Gasteiger partial charge on any atom is -0.481 e. The molecule has 0 saturated heterocycles. The van der Waals surface area contributed by atoms with Crippen LogP contribution in [-0.4, -0.2) is 28.7 Å². The maximum absolute atomic E-state index is 11.8. The van der Waals surface area contributed by atoms with Gasteiger partial charge in [-0.2, -0.15) is 0 Å². The summed E-state index contributed by atoms with van der Waals surface area (Å²) in [5.41, 5.74) is 5.10. The Bertz CT molecular complexity index is 283. The van der Waals surface area contributed by atoms with Gasteiger partial charge in [0.1, 0.15) is 5.60 Å². The Labute approximate surface area is 109 Å². The number of hydrogen-bond donors (Lipinski definition) is 2. The number of esters is 1. The largest absolute Gasteiger partial charge is 0.481 e. The van der Waals surface area contributed by atoms with Gasteiger partial charge in [0.25, 0.3) is 0 Å². The molecule has 0 fully saturated rings. The van der Waals surface area contributed by atoms with Gasteiger partial charge in [0.15, 0.2) is 5.92 Å². The van der Waals surface area contributed by atoms with Gasteiger partial charge in [-0.1, -0.05) is 26.2 Å². The first-order valence-electron chi connectivity index (χ1n) is 6.40. The lowest BCUT2D eigenvalue weighted by Gasteiger charge is -2.25. The average Bonchev–Trinajstić information content (AvgIpc) is 2.14. The third kappa shape index (κ3) is 6.59. The van der Waals surface area contributed by atoms with Crippen molar-refractivity contribution < 1.29 is 19.4 Å². The van der Waals surface area contributed by atoms with E-state index in [4.69, 9.17) is 15.6 Å². The molecule has 5 heteroatoms. The van der Waals surface area contributed by atoms with Gasteiger partial charge in [0.05, 0.1) is 0 Å². The second-order valence-corrected chi connectivity index (χ2v) is 5.51. The molecule has 0 aromatic heterocycles. The van der Waals surface area contributed by atoms with Crippen molar-refractivity contribution in [2.75, 3.05) is 0 Å². The van der Waals surface area contributed by atoms with Gasteiger partial charge in [-0.05, 0) is 27.2 Å². The van der Waals surface area contributed by atoms with Crippen molar-refractivity contribution in [3.8, 4) is 0 Å². The molecule has 0 spiro atoms. The third-order valence-corrected chi connectivity index (χ3v) is 2.50. The molecule has 0 aromatic rings. The van der Waals surface area contributed by atoms with E-state index in [-0.39, 0.29) is 0 Å². The molecule has 0 radical (unpaired) electrons. The summed E-state index contributed by atoms with van der Waals surface area (Å²) in [4.78, 5) is 22.9. The maximum atomic E-state index is 11.8. The van der Waals surface area contributed by atoms with Crippen LogP contribution in [-0.2, 0) is 14.3 Å². The maximum Gasteiger partial charge on any atom is 0.322 e. The zero-order chi connectivity index (χ0) is 14.3. The van der Waals surface area contributed by atoms with E-state index in [9.17, 15) is 9.59 Å². The number of nitrogens with two attached hydrogens (primary N) is 1. The SMILES string of the molecule is CCCCCC(N)[C@@H](C(=O)O)C(=O)OC(C)(C)C. The van der Waals surface area contributed by atoms with Crippen LogP contribution in [0.3, 0.4) is 0 Å². The molecule has 1 unspecified atom stereocenters. The Hall–Kier alpha value is -1.10. The van der Waals surface area contributed by atoms with Gasteiger partial charge < -0.3 is 15.6 Å². The summed E-state index contributed by atoms with van der Waals surface area (Å²) < 4.78 is 5.09. The third-order valence-electron chi connectivity index (χ3n) is 2.50. The summed E-state index contributed by atoms with van der Waals surface area (Å²) in [6.07, 6.45) is 3.35. The molecule has 18 heavy (non-hydrogen) atoms. The summed E-state index contributed by atoms with van der Waals surface area (Å²) in [6.45, 7) is 7.15. The van der Waals surface area contributed by atoms with E-state index in [1.807, 2.05) is 6.92 Å². The van der Waals surface area contributed by atoms with E-state index in [1.165, 1.54) is 0 Å². The van der Waals surface area contributed by atoms with Crippen LogP contribution < -0.4 is 5.73 Å². The van der Waals surface area contributed by atoms with Gasteiger partial charge >= 0.3 is 11.9 Å². The van der Waals surface area contributed by atoms with Crippen LogP contribution >= 0.6 is 0 Å². The molecular weight excluding hydrogens is 234 g/mol. The smallest absolute Gasteiger partial charge is 0.322 e. The van der Waals surface area contributed by atoms with Crippen LogP contribution in [0.5, 0.6) is 0 Å². The van der Waals surface area contributed by atoms with E-state index in [1.54, 1.807) is 20.8 Å². The normalized spacial score (nSPS) is 14.9. The first-order chi connectivity index (χ1) is 8.19. The summed E-state index contributed by atoms with van der Waals surface area (Å²) >= 11 is 0. The zero-order valence-corrected chi connectivity index (χ0v) is 11.7. The summed E-state index contributed by atoms with van der Waals surface area (Å²) in [6, 6.07) is -0.691. The number of rotatable bonds is 7. The summed E-state index contributed by atoms with van der Waals surface area (Å²) in [7, 11) is 0. The van der Waals surface area contributed by atoms with Crippen LogP contribution in [0.25, 0.3) is 0 Å². The molecule has 3 N–H and O–H groups in total. The van der Waals surface area contributed by atoms with Crippen LogP contribution in [0.2, 0.25) is 0 Å². The Morgan fingerprint density at radius 2 is 1.83 bits per heavy atom. The number of ether oxygens (including phenoxy) is 1. The number of unbranched alkanes of at least 4 members (excludes halogenated alkanes) is 2. The van der Waals surface area contributed by atoms with Crippen molar-refractivity contribution in [1.82, 2.24) is 0 Å². The molecule has 0 aliphatic rings. The molecular formula is C13H25NO4. The lowest BCUT2D eigenvalue weighted by atomic mass is 9.95. The lowest BCUT2D eigenvalue weighted by Crippen LogP contribution is -2.43. The fraction of sp³-hybridized carbons (Fsp3) is 0.846. The first kappa shape index (κ1) is 16.9. The molecule has 5 nitrogen and oxygen atoms in total. The fourth-order valence-corrected chi connectivity index (χ4v) is 1.62.